The first-order valence-corrected chi connectivity index (χ1v) is 9.89. The minimum Gasteiger partial charge on any atom is -0.388 e. The van der Waals surface area contributed by atoms with Crippen LogP contribution in [0.2, 0.25) is 0 Å². The van der Waals surface area contributed by atoms with Crippen LogP contribution in [0.3, 0.4) is 0 Å². The summed E-state index contributed by atoms with van der Waals surface area (Å²) in [5.41, 5.74) is 2.00. The topological polar surface area (TPSA) is 40.5 Å². The van der Waals surface area contributed by atoms with Crippen molar-refractivity contribution in [2.24, 2.45) is 11.8 Å². The Bertz CT molecular complexity index is 457. The minimum absolute atomic E-state index is 0.289. The summed E-state index contributed by atoms with van der Waals surface area (Å²) in [4.78, 5) is 0. The number of hydrogen-bond acceptors (Lipinski definition) is 2. The average Bonchev–Trinajstić information content (AvgIpc) is 2.71. The van der Waals surface area contributed by atoms with Crippen molar-refractivity contribution in [1.29, 1.82) is 0 Å². The standard InChI is InChI=1S/2C10H14O.2C2H6/c2*1-8(2)10(11)9-6-4-3-5-7-9;2*1-2/h2*3-8,10-11H,1-2H3;2*1-2H3/t2*10-;;/m00../s1. The highest BCUT2D eigenvalue weighted by Gasteiger charge is 2.10. The summed E-state index contributed by atoms with van der Waals surface area (Å²) < 4.78 is 0. The lowest BCUT2D eigenvalue weighted by molar-refractivity contribution is 0.127. The van der Waals surface area contributed by atoms with Gasteiger partial charge in [0.05, 0.1) is 12.2 Å². The molecule has 0 spiro atoms. The van der Waals surface area contributed by atoms with E-state index in [4.69, 9.17) is 0 Å². The molecule has 2 N–H and O–H groups in total. The summed E-state index contributed by atoms with van der Waals surface area (Å²) in [5.74, 6) is 0.579. The van der Waals surface area contributed by atoms with E-state index in [0.29, 0.717) is 0 Å². The second-order valence-electron chi connectivity index (χ2n) is 6.20. The molecule has 0 aliphatic carbocycles. The van der Waals surface area contributed by atoms with Crippen molar-refractivity contribution in [3.63, 3.8) is 0 Å². The molecular weight excluding hydrogens is 320 g/mol. The molecule has 148 valence electrons. The largest absolute Gasteiger partial charge is 0.388 e. The summed E-state index contributed by atoms with van der Waals surface area (Å²) in [6, 6.07) is 19.5. The first-order chi connectivity index (χ1) is 12.4. The monoisotopic (exact) mass is 360 g/mol. The highest BCUT2D eigenvalue weighted by molar-refractivity contribution is 5.18. The Hall–Kier alpha value is -1.64. The molecule has 2 aromatic rings. The van der Waals surface area contributed by atoms with Crippen LogP contribution in [-0.2, 0) is 0 Å². The molecule has 0 aliphatic rings. The second-order valence-corrected chi connectivity index (χ2v) is 6.20. The lowest BCUT2D eigenvalue weighted by atomic mass is 10.00. The number of hydrogen-bond donors (Lipinski definition) is 2. The lowest BCUT2D eigenvalue weighted by Crippen LogP contribution is -2.04. The van der Waals surface area contributed by atoms with E-state index in [0.717, 1.165) is 11.1 Å². The quantitative estimate of drug-likeness (QED) is 0.629. The van der Waals surface area contributed by atoms with Crippen LogP contribution >= 0.6 is 0 Å². The van der Waals surface area contributed by atoms with Crippen LogP contribution in [-0.4, -0.2) is 10.2 Å². The molecule has 0 fully saturated rings. The maximum absolute atomic E-state index is 9.60. The van der Waals surface area contributed by atoms with Crippen LogP contribution in [0, 0.1) is 11.8 Å². The highest BCUT2D eigenvalue weighted by atomic mass is 16.3. The first kappa shape index (κ1) is 26.6. The van der Waals surface area contributed by atoms with Crippen LogP contribution in [0.5, 0.6) is 0 Å². The highest BCUT2D eigenvalue weighted by Crippen LogP contribution is 2.20. The van der Waals surface area contributed by atoms with E-state index >= 15 is 0 Å². The molecule has 26 heavy (non-hydrogen) atoms. The molecule has 2 atom stereocenters. The third-order valence-corrected chi connectivity index (χ3v) is 3.55. The van der Waals surface area contributed by atoms with Gasteiger partial charge in [0.15, 0.2) is 0 Å². The molecule has 0 heterocycles. The Labute approximate surface area is 161 Å². The van der Waals surface area contributed by atoms with E-state index in [2.05, 4.69) is 0 Å². The first-order valence-electron chi connectivity index (χ1n) is 9.89. The van der Waals surface area contributed by atoms with Crippen molar-refractivity contribution < 1.29 is 10.2 Å². The van der Waals surface area contributed by atoms with Gasteiger partial charge in [0, 0.05) is 0 Å². The fraction of sp³-hybridized carbons (Fsp3) is 0.500. The normalized spacial score (nSPS) is 11.8. The van der Waals surface area contributed by atoms with Crippen molar-refractivity contribution in [1.82, 2.24) is 0 Å². The van der Waals surface area contributed by atoms with Gasteiger partial charge in [-0.3, -0.25) is 0 Å². The van der Waals surface area contributed by atoms with Crippen LogP contribution in [0.4, 0.5) is 0 Å². The van der Waals surface area contributed by atoms with Gasteiger partial charge in [-0.05, 0) is 23.0 Å². The molecule has 2 nitrogen and oxygen atoms in total. The van der Waals surface area contributed by atoms with Gasteiger partial charge in [0.25, 0.3) is 0 Å². The summed E-state index contributed by atoms with van der Waals surface area (Å²) in [6.07, 6.45) is -0.646. The molecule has 0 aliphatic heterocycles. The lowest BCUT2D eigenvalue weighted by Gasteiger charge is -2.13. The molecule has 0 aromatic heterocycles. The van der Waals surface area contributed by atoms with Crippen LogP contribution in [0.25, 0.3) is 0 Å². The molecule has 0 amide bonds. The zero-order chi connectivity index (χ0) is 20.5. The predicted octanol–water partition coefficient (Wildman–Crippen LogP) is 6.80. The zero-order valence-corrected chi connectivity index (χ0v) is 18.0. The molecule has 0 bridgehead atoms. The van der Waals surface area contributed by atoms with E-state index < -0.39 is 0 Å². The summed E-state index contributed by atoms with van der Waals surface area (Å²) in [5, 5.41) is 19.2. The van der Waals surface area contributed by atoms with Gasteiger partial charge < -0.3 is 10.2 Å². The minimum atomic E-state index is -0.323. The summed E-state index contributed by atoms with van der Waals surface area (Å²) in [7, 11) is 0. The fourth-order valence-electron chi connectivity index (χ4n) is 2.07. The Balaban J connectivity index is 0. The third kappa shape index (κ3) is 11.1. The number of benzene rings is 2. The molecule has 2 aromatic carbocycles. The van der Waals surface area contributed by atoms with Crippen molar-refractivity contribution in [2.45, 2.75) is 67.6 Å². The molecule has 0 saturated heterocycles. The van der Waals surface area contributed by atoms with Crippen molar-refractivity contribution in [3.05, 3.63) is 71.8 Å². The van der Waals surface area contributed by atoms with E-state index in [1.807, 2.05) is 116 Å². The number of aliphatic hydroxyl groups is 2. The predicted molar refractivity (Wildman–Crippen MR) is 115 cm³/mol. The van der Waals surface area contributed by atoms with Gasteiger partial charge in [-0.2, -0.15) is 0 Å². The Morgan fingerprint density at radius 2 is 0.731 bits per heavy atom. The molecule has 2 rings (SSSR count). The van der Waals surface area contributed by atoms with Crippen molar-refractivity contribution >= 4 is 0 Å². The van der Waals surface area contributed by atoms with E-state index in [9.17, 15) is 10.2 Å². The van der Waals surface area contributed by atoms with Crippen LogP contribution in [0.15, 0.2) is 60.7 Å². The molecular formula is C24H40O2. The van der Waals surface area contributed by atoms with Gasteiger partial charge in [-0.15, -0.1) is 0 Å². The summed E-state index contributed by atoms with van der Waals surface area (Å²) >= 11 is 0. The number of rotatable bonds is 4. The van der Waals surface area contributed by atoms with Gasteiger partial charge in [0.1, 0.15) is 0 Å². The van der Waals surface area contributed by atoms with Crippen LogP contribution < -0.4 is 0 Å². The molecule has 0 radical (unpaired) electrons. The average molecular weight is 361 g/mol. The van der Waals surface area contributed by atoms with E-state index in [1.54, 1.807) is 0 Å². The Kier molecular flexibility index (Phi) is 17.2. The molecule has 0 saturated carbocycles. The number of aliphatic hydroxyl groups excluding tert-OH is 2. The fourth-order valence-corrected chi connectivity index (χ4v) is 2.07. The van der Waals surface area contributed by atoms with Gasteiger partial charge in [0.2, 0.25) is 0 Å². The molecule has 2 heteroatoms. The van der Waals surface area contributed by atoms with Gasteiger partial charge in [-0.1, -0.05) is 116 Å². The Morgan fingerprint density at radius 1 is 0.500 bits per heavy atom. The van der Waals surface area contributed by atoms with Gasteiger partial charge >= 0.3 is 0 Å². The maximum Gasteiger partial charge on any atom is 0.0812 e. The third-order valence-electron chi connectivity index (χ3n) is 3.55. The zero-order valence-electron chi connectivity index (χ0n) is 18.0. The smallest absolute Gasteiger partial charge is 0.0812 e. The van der Waals surface area contributed by atoms with Crippen LogP contribution in [0.1, 0.15) is 78.7 Å². The van der Waals surface area contributed by atoms with Gasteiger partial charge in [-0.25, -0.2) is 0 Å². The SMILES string of the molecule is CC.CC.CC(C)[C@H](O)c1ccccc1.CC(C)[C@H](O)c1ccccc1. The van der Waals surface area contributed by atoms with Crippen molar-refractivity contribution in [2.75, 3.05) is 0 Å². The summed E-state index contributed by atoms with van der Waals surface area (Å²) in [6.45, 7) is 16.0. The van der Waals surface area contributed by atoms with E-state index in [-0.39, 0.29) is 24.0 Å². The maximum atomic E-state index is 9.60. The van der Waals surface area contributed by atoms with E-state index in [1.165, 1.54) is 0 Å². The molecule has 0 unspecified atom stereocenters. The second kappa shape index (κ2) is 16.8. The Morgan fingerprint density at radius 3 is 0.923 bits per heavy atom. The van der Waals surface area contributed by atoms with Crippen molar-refractivity contribution in [3.8, 4) is 0 Å².